The number of carbonyl (C=O) groups excluding carboxylic acids is 1. The van der Waals surface area contributed by atoms with E-state index in [4.69, 9.17) is 0 Å². The molecule has 0 aliphatic heterocycles. The summed E-state index contributed by atoms with van der Waals surface area (Å²) in [4.78, 5) is 23.6. The number of hydrogen-bond acceptors (Lipinski definition) is 4. The molecule has 0 unspecified atom stereocenters. The first kappa shape index (κ1) is 17.0. The van der Waals surface area contributed by atoms with E-state index in [2.05, 4.69) is 9.97 Å². The normalized spacial score (nSPS) is 12.1. The summed E-state index contributed by atoms with van der Waals surface area (Å²) in [5, 5.41) is 10.7. The molecule has 5 heteroatoms. The lowest BCUT2D eigenvalue weighted by Crippen LogP contribution is -2.42. The standard InChI is InChI=1S/C20H21N3O2/c1-2-17(14-24)23(13-16-9-3-4-11-21-16)20(25)18-10-5-7-15-8-6-12-22-19(15)18/h3-12,17,24H,2,13-14H2,1H3/t17-/m0/s1. The molecule has 1 atom stereocenters. The molecule has 3 rings (SSSR count). The van der Waals surface area contributed by atoms with Gasteiger partial charge in [0.15, 0.2) is 0 Å². The number of fused-ring (bicyclic) bond motifs is 1. The topological polar surface area (TPSA) is 66.3 Å². The van der Waals surface area contributed by atoms with Gasteiger partial charge in [-0.2, -0.15) is 0 Å². The molecule has 0 fully saturated rings. The Labute approximate surface area is 147 Å². The van der Waals surface area contributed by atoms with E-state index in [-0.39, 0.29) is 18.6 Å². The van der Waals surface area contributed by atoms with Gasteiger partial charge in [-0.15, -0.1) is 0 Å². The second kappa shape index (κ2) is 7.85. The molecule has 25 heavy (non-hydrogen) atoms. The smallest absolute Gasteiger partial charge is 0.256 e. The Morgan fingerprint density at radius 1 is 1.08 bits per heavy atom. The van der Waals surface area contributed by atoms with Gasteiger partial charge in [0.25, 0.3) is 5.91 Å². The minimum Gasteiger partial charge on any atom is -0.394 e. The Morgan fingerprint density at radius 2 is 1.88 bits per heavy atom. The monoisotopic (exact) mass is 335 g/mol. The summed E-state index contributed by atoms with van der Waals surface area (Å²) in [6, 6.07) is 14.7. The van der Waals surface area contributed by atoms with Crippen molar-refractivity contribution in [1.29, 1.82) is 0 Å². The van der Waals surface area contributed by atoms with Crippen molar-refractivity contribution in [3.8, 4) is 0 Å². The molecule has 0 saturated carbocycles. The number of hydrogen-bond donors (Lipinski definition) is 1. The highest BCUT2D eigenvalue weighted by atomic mass is 16.3. The summed E-state index contributed by atoms with van der Waals surface area (Å²) in [6.07, 6.45) is 4.05. The fraction of sp³-hybridized carbons (Fsp3) is 0.250. The summed E-state index contributed by atoms with van der Waals surface area (Å²) in [5.74, 6) is -0.143. The van der Waals surface area contributed by atoms with Crippen LogP contribution in [0.25, 0.3) is 10.9 Å². The second-order valence-electron chi connectivity index (χ2n) is 5.88. The van der Waals surface area contributed by atoms with Crippen molar-refractivity contribution in [1.82, 2.24) is 14.9 Å². The van der Waals surface area contributed by atoms with Gasteiger partial charge in [-0.3, -0.25) is 14.8 Å². The van der Waals surface area contributed by atoms with Crippen LogP contribution in [-0.2, 0) is 6.54 Å². The van der Waals surface area contributed by atoms with Gasteiger partial charge in [-0.25, -0.2) is 0 Å². The fourth-order valence-corrected chi connectivity index (χ4v) is 2.91. The quantitative estimate of drug-likeness (QED) is 0.752. The van der Waals surface area contributed by atoms with E-state index < -0.39 is 0 Å². The summed E-state index contributed by atoms with van der Waals surface area (Å²) in [5.41, 5.74) is 2.01. The number of aliphatic hydroxyl groups is 1. The van der Waals surface area contributed by atoms with Crippen molar-refractivity contribution in [3.63, 3.8) is 0 Å². The zero-order valence-electron chi connectivity index (χ0n) is 14.2. The van der Waals surface area contributed by atoms with E-state index in [1.807, 2.05) is 49.4 Å². The van der Waals surface area contributed by atoms with Gasteiger partial charge >= 0.3 is 0 Å². The molecule has 128 valence electrons. The number of aliphatic hydroxyl groups excluding tert-OH is 1. The highest BCUT2D eigenvalue weighted by Gasteiger charge is 2.25. The summed E-state index contributed by atoms with van der Waals surface area (Å²) in [6.45, 7) is 2.22. The predicted octanol–water partition coefficient (Wildman–Crippen LogP) is 3.04. The van der Waals surface area contributed by atoms with Crippen LogP contribution < -0.4 is 0 Å². The van der Waals surface area contributed by atoms with Crippen LogP contribution in [0.15, 0.2) is 60.9 Å². The Hall–Kier alpha value is -2.79. The molecular weight excluding hydrogens is 314 g/mol. The largest absolute Gasteiger partial charge is 0.394 e. The number of benzene rings is 1. The van der Waals surface area contributed by atoms with Crippen molar-refractivity contribution < 1.29 is 9.90 Å². The lowest BCUT2D eigenvalue weighted by Gasteiger charge is -2.30. The number of pyridine rings is 2. The van der Waals surface area contributed by atoms with Crippen LogP contribution in [0.4, 0.5) is 0 Å². The van der Waals surface area contributed by atoms with Crippen LogP contribution >= 0.6 is 0 Å². The maximum Gasteiger partial charge on any atom is 0.256 e. The van der Waals surface area contributed by atoms with Gasteiger partial charge in [0.1, 0.15) is 0 Å². The van der Waals surface area contributed by atoms with Crippen molar-refractivity contribution >= 4 is 16.8 Å². The van der Waals surface area contributed by atoms with Gasteiger partial charge in [0, 0.05) is 17.8 Å². The Morgan fingerprint density at radius 3 is 2.60 bits per heavy atom. The first-order valence-corrected chi connectivity index (χ1v) is 8.40. The molecule has 0 saturated heterocycles. The molecule has 1 N–H and O–H groups in total. The summed E-state index contributed by atoms with van der Waals surface area (Å²) in [7, 11) is 0. The molecule has 5 nitrogen and oxygen atoms in total. The molecular formula is C20H21N3O2. The maximum absolute atomic E-state index is 13.3. The average Bonchev–Trinajstić information content (AvgIpc) is 2.68. The molecule has 0 spiro atoms. The van der Waals surface area contributed by atoms with E-state index >= 15 is 0 Å². The number of rotatable bonds is 6. The number of aromatic nitrogens is 2. The lowest BCUT2D eigenvalue weighted by atomic mass is 10.1. The Kier molecular flexibility index (Phi) is 5.36. The van der Waals surface area contributed by atoms with Gasteiger partial charge < -0.3 is 10.0 Å². The van der Waals surface area contributed by atoms with Crippen molar-refractivity contribution in [2.24, 2.45) is 0 Å². The molecule has 2 heterocycles. The number of carbonyl (C=O) groups is 1. The number of para-hydroxylation sites is 1. The molecule has 3 aromatic rings. The summed E-state index contributed by atoms with van der Waals surface area (Å²) >= 11 is 0. The van der Waals surface area contributed by atoms with Gasteiger partial charge in [0.05, 0.1) is 36.0 Å². The third-order valence-electron chi connectivity index (χ3n) is 4.31. The van der Waals surface area contributed by atoms with Crippen molar-refractivity contribution in [2.45, 2.75) is 25.9 Å². The van der Waals surface area contributed by atoms with Crippen LogP contribution in [-0.4, -0.2) is 38.5 Å². The second-order valence-corrected chi connectivity index (χ2v) is 5.88. The van der Waals surface area contributed by atoms with E-state index in [0.29, 0.717) is 24.0 Å². The Balaban J connectivity index is 2.01. The molecule has 1 aromatic carbocycles. The maximum atomic E-state index is 13.3. The highest BCUT2D eigenvalue weighted by molar-refractivity contribution is 6.05. The van der Waals surface area contributed by atoms with E-state index in [9.17, 15) is 9.90 Å². The van der Waals surface area contributed by atoms with E-state index in [0.717, 1.165) is 11.1 Å². The van der Waals surface area contributed by atoms with Crippen molar-refractivity contribution in [3.05, 3.63) is 72.2 Å². The average molecular weight is 335 g/mol. The molecule has 1 amide bonds. The van der Waals surface area contributed by atoms with Gasteiger partial charge in [0.2, 0.25) is 0 Å². The van der Waals surface area contributed by atoms with E-state index in [1.165, 1.54) is 0 Å². The third-order valence-corrected chi connectivity index (χ3v) is 4.31. The first-order valence-electron chi connectivity index (χ1n) is 8.40. The van der Waals surface area contributed by atoms with E-state index in [1.54, 1.807) is 23.4 Å². The summed E-state index contributed by atoms with van der Waals surface area (Å²) < 4.78 is 0. The molecule has 0 bridgehead atoms. The fourth-order valence-electron chi connectivity index (χ4n) is 2.91. The molecule has 0 aliphatic carbocycles. The van der Waals surface area contributed by atoms with Crippen LogP contribution in [0.2, 0.25) is 0 Å². The minimum absolute atomic E-state index is 0.0900. The SMILES string of the molecule is CC[C@@H](CO)N(Cc1ccccn1)C(=O)c1cccc2cccnc12. The molecule has 0 aliphatic rings. The number of nitrogens with zero attached hydrogens (tertiary/aromatic N) is 3. The Bertz CT molecular complexity index is 842. The van der Waals surface area contributed by atoms with Crippen molar-refractivity contribution in [2.75, 3.05) is 6.61 Å². The zero-order valence-corrected chi connectivity index (χ0v) is 14.2. The minimum atomic E-state index is -0.270. The molecule has 0 radical (unpaired) electrons. The van der Waals surface area contributed by atoms with Crippen LogP contribution in [0, 0.1) is 0 Å². The third kappa shape index (κ3) is 3.67. The predicted molar refractivity (Wildman–Crippen MR) is 97.0 cm³/mol. The highest BCUT2D eigenvalue weighted by Crippen LogP contribution is 2.20. The van der Waals surface area contributed by atoms with Crippen LogP contribution in [0.5, 0.6) is 0 Å². The molecule has 2 aromatic heterocycles. The van der Waals surface area contributed by atoms with Crippen LogP contribution in [0.1, 0.15) is 29.4 Å². The van der Waals surface area contributed by atoms with Crippen LogP contribution in [0.3, 0.4) is 0 Å². The first-order chi connectivity index (χ1) is 12.2. The zero-order chi connectivity index (χ0) is 17.6. The lowest BCUT2D eigenvalue weighted by molar-refractivity contribution is 0.0562. The number of amides is 1. The van der Waals surface area contributed by atoms with Gasteiger partial charge in [-0.05, 0) is 30.7 Å². The van der Waals surface area contributed by atoms with Gasteiger partial charge in [-0.1, -0.05) is 31.2 Å².